The Bertz CT molecular complexity index is 799. The second kappa shape index (κ2) is 4.78. The Balaban J connectivity index is 2.27. The molecule has 1 aromatic carbocycles. The maximum Gasteiger partial charge on any atom is 0.282 e. The summed E-state index contributed by atoms with van der Waals surface area (Å²) in [5.74, 6) is 0.821. The van der Waals surface area contributed by atoms with E-state index in [4.69, 9.17) is 0 Å². The van der Waals surface area contributed by atoms with Gasteiger partial charge in [-0.1, -0.05) is 12.1 Å². The summed E-state index contributed by atoms with van der Waals surface area (Å²) in [6.45, 7) is 0.913. The number of nitrogens with zero attached hydrogens (tertiary/aromatic N) is 5. The molecule has 0 amide bonds. The highest BCUT2D eigenvalue weighted by Gasteiger charge is 2.17. The van der Waals surface area contributed by atoms with Crippen LogP contribution in [-0.4, -0.2) is 34.0 Å². The van der Waals surface area contributed by atoms with Crippen molar-refractivity contribution in [3.63, 3.8) is 0 Å². The van der Waals surface area contributed by atoms with Gasteiger partial charge >= 0.3 is 0 Å². The predicted octanol–water partition coefficient (Wildman–Crippen LogP) is 1.16. The molecule has 0 unspecified atom stereocenters. The lowest BCUT2D eigenvalue weighted by Crippen LogP contribution is -2.26. The first kappa shape index (κ1) is 12.4. The van der Waals surface area contributed by atoms with Crippen LogP contribution in [0.25, 0.3) is 10.9 Å². The van der Waals surface area contributed by atoms with Gasteiger partial charge in [0.15, 0.2) is 0 Å². The van der Waals surface area contributed by atoms with Gasteiger partial charge in [0.2, 0.25) is 5.82 Å². The molecule has 1 saturated heterocycles. The van der Waals surface area contributed by atoms with Gasteiger partial charge in [0, 0.05) is 20.0 Å². The van der Waals surface area contributed by atoms with Crippen molar-refractivity contribution < 1.29 is 0 Å². The van der Waals surface area contributed by atoms with Gasteiger partial charge in [0.25, 0.3) is 5.56 Å². The molecule has 3 rings (SSSR count). The zero-order valence-corrected chi connectivity index (χ0v) is 11.1. The number of rotatable bonds is 1. The van der Waals surface area contributed by atoms with E-state index in [1.54, 1.807) is 24.3 Å². The van der Waals surface area contributed by atoms with E-state index in [2.05, 4.69) is 10.1 Å². The van der Waals surface area contributed by atoms with Gasteiger partial charge in [-0.25, -0.2) is 4.98 Å². The van der Waals surface area contributed by atoms with Gasteiger partial charge in [-0.3, -0.25) is 4.79 Å². The topological polar surface area (TPSA) is 74.3 Å². The van der Waals surface area contributed by atoms with Crippen LogP contribution in [0.1, 0.15) is 18.7 Å². The molecular weight excluding hydrogens is 254 g/mol. The lowest BCUT2D eigenvalue weighted by Gasteiger charge is -2.11. The summed E-state index contributed by atoms with van der Waals surface area (Å²) < 4.78 is 1.11. The van der Waals surface area contributed by atoms with Gasteiger partial charge in [-0.05, 0) is 18.6 Å². The molecule has 0 atom stereocenters. The van der Waals surface area contributed by atoms with Crippen LogP contribution in [0.5, 0.6) is 0 Å². The van der Waals surface area contributed by atoms with Crippen molar-refractivity contribution in [2.24, 2.45) is 5.10 Å². The number of likely N-dealkylation sites (tertiary alicyclic amines) is 1. The third kappa shape index (κ3) is 1.93. The summed E-state index contributed by atoms with van der Waals surface area (Å²) in [5, 5.41) is 14.0. The lowest BCUT2D eigenvalue weighted by molar-refractivity contribution is 0.543. The molecule has 0 aliphatic carbocycles. The predicted molar refractivity (Wildman–Crippen MR) is 75.4 cm³/mol. The van der Waals surface area contributed by atoms with Gasteiger partial charge < -0.3 is 4.90 Å². The molecule has 1 fully saturated rings. The highest BCUT2D eigenvalue weighted by atomic mass is 16.1. The third-order valence-electron chi connectivity index (χ3n) is 3.40. The zero-order chi connectivity index (χ0) is 14.1. The van der Waals surface area contributed by atoms with Crippen LogP contribution in [-0.2, 0) is 0 Å². The molecule has 1 aliphatic rings. The minimum absolute atomic E-state index is 0.0153. The Hall–Kier alpha value is -2.68. The van der Waals surface area contributed by atoms with Crippen molar-refractivity contribution in [1.82, 2.24) is 14.6 Å². The van der Waals surface area contributed by atoms with Crippen LogP contribution >= 0.6 is 0 Å². The summed E-state index contributed by atoms with van der Waals surface area (Å²) in [5.41, 5.74) is 0.213. The molecule has 0 bridgehead atoms. The number of aromatic nitrogens is 2. The van der Waals surface area contributed by atoms with Gasteiger partial charge in [0.05, 0.1) is 10.9 Å². The van der Waals surface area contributed by atoms with Crippen molar-refractivity contribution in [2.45, 2.75) is 12.8 Å². The number of hydrogen-bond donors (Lipinski definition) is 0. The smallest absolute Gasteiger partial charge is 0.282 e. The molecule has 0 saturated carbocycles. The highest BCUT2D eigenvalue weighted by molar-refractivity contribution is 5.84. The number of nitriles is 1. The zero-order valence-electron chi connectivity index (χ0n) is 11.1. The molecule has 2 heterocycles. The van der Waals surface area contributed by atoms with E-state index in [0.717, 1.165) is 29.9 Å². The van der Waals surface area contributed by atoms with Crippen molar-refractivity contribution in [2.75, 3.05) is 13.6 Å². The summed E-state index contributed by atoms with van der Waals surface area (Å²) in [7, 11) is 1.93. The molecule has 20 heavy (non-hydrogen) atoms. The number of amidine groups is 1. The fraction of sp³-hybridized carbons (Fsp3) is 0.286. The van der Waals surface area contributed by atoms with E-state index in [1.807, 2.05) is 18.0 Å². The van der Waals surface area contributed by atoms with Crippen LogP contribution in [0.4, 0.5) is 0 Å². The Kier molecular flexibility index (Phi) is 2.95. The largest absolute Gasteiger partial charge is 0.362 e. The monoisotopic (exact) mass is 267 g/mol. The normalized spacial score (nSPS) is 16.8. The van der Waals surface area contributed by atoms with E-state index in [-0.39, 0.29) is 11.4 Å². The SMILES string of the molecule is CN1CCC/C1=N\n1c(C#N)nc2ccccc2c1=O. The van der Waals surface area contributed by atoms with Gasteiger partial charge in [-0.15, -0.1) is 5.10 Å². The first-order valence-corrected chi connectivity index (χ1v) is 6.41. The van der Waals surface area contributed by atoms with E-state index in [1.165, 1.54) is 0 Å². The summed E-state index contributed by atoms with van der Waals surface area (Å²) >= 11 is 0. The van der Waals surface area contributed by atoms with Gasteiger partial charge in [0.1, 0.15) is 11.9 Å². The van der Waals surface area contributed by atoms with E-state index in [0.29, 0.717) is 10.9 Å². The number of hydrogen-bond acceptors (Lipinski definition) is 4. The fourth-order valence-corrected chi connectivity index (χ4v) is 2.32. The van der Waals surface area contributed by atoms with Crippen LogP contribution in [0, 0.1) is 11.3 Å². The molecule has 0 N–H and O–H groups in total. The van der Waals surface area contributed by atoms with Crippen LogP contribution < -0.4 is 5.56 Å². The Morgan fingerprint density at radius 3 is 2.90 bits per heavy atom. The quantitative estimate of drug-likeness (QED) is 0.777. The van der Waals surface area contributed by atoms with Crippen LogP contribution in [0.2, 0.25) is 0 Å². The molecular formula is C14H13N5O. The van der Waals surface area contributed by atoms with Crippen molar-refractivity contribution in [1.29, 1.82) is 5.26 Å². The average Bonchev–Trinajstić information content (AvgIpc) is 2.87. The number of fused-ring (bicyclic) bond motifs is 1. The molecule has 1 aliphatic heterocycles. The standard InChI is InChI=1S/C14H13N5O/c1-18-8-4-7-12(18)17-19-13(9-15)16-11-6-3-2-5-10(11)14(19)20/h2-3,5-6H,4,7-8H2,1H3/b17-12+. The second-order valence-electron chi connectivity index (χ2n) is 4.72. The molecule has 6 heteroatoms. The number of para-hydroxylation sites is 1. The molecule has 100 valence electrons. The first-order chi connectivity index (χ1) is 9.70. The lowest BCUT2D eigenvalue weighted by atomic mass is 10.2. The highest BCUT2D eigenvalue weighted by Crippen LogP contribution is 2.11. The molecule has 2 aromatic rings. The first-order valence-electron chi connectivity index (χ1n) is 6.41. The molecule has 1 aromatic heterocycles. The van der Waals surface area contributed by atoms with Crippen LogP contribution in [0.15, 0.2) is 34.2 Å². The Labute approximate surface area is 115 Å². The van der Waals surface area contributed by atoms with E-state index < -0.39 is 0 Å². The summed E-state index contributed by atoms with van der Waals surface area (Å²) in [6, 6.07) is 8.92. The maximum absolute atomic E-state index is 12.4. The van der Waals surface area contributed by atoms with Gasteiger partial charge in [-0.2, -0.15) is 9.94 Å². The minimum atomic E-state index is -0.306. The fourth-order valence-electron chi connectivity index (χ4n) is 2.32. The minimum Gasteiger partial charge on any atom is -0.362 e. The van der Waals surface area contributed by atoms with E-state index >= 15 is 0 Å². The van der Waals surface area contributed by atoms with Crippen molar-refractivity contribution in [3.8, 4) is 6.07 Å². The summed E-state index contributed by atoms with van der Waals surface area (Å²) in [4.78, 5) is 18.6. The Morgan fingerprint density at radius 2 is 2.20 bits per heavy atom. The third-order valence-corrected chi connectivity index (χ3v) is 3.40. The van der Waals surface area contributed by atoms with Crippen molar-refractivity contribution >= 4 is 16.7 Å². The Morgan fingerprint density at radius 1 is 1.40 bits per heavy atom. The maximum atomic E-state index is 12.4. The number of benzene rings is 1. The average molecular weight is 267 g/mol. The summed E-state index contributed by atoms with van der Waals surface area (Å²) in [6.07, 6.45) is 1.81. The van der Waals surface area contributed by atoms with Crippen molar-refractivity contribution in [3.05, 3.63) is 40.4 Å². The van der Waals surface area contributed by atoms with E-state index in [9.17, 15) is 10.1 Å². The van der Waals surface area contributed by atoms with Crippen LogP contribution in [0.3, 0.4) is 0 Å². The second-order valence-corrected chi connectivity index (χ2v) is 4.72. The molecule has 0 radical (unpaired) electrons. The molecule has 0 spiro atoms. The molecule has 6 nitrogen and oxygen atoms in total.